The van der Waals surface area contributed by atoms with E-state index in [4.69, 9.17) is 9.47 Å². The summed E-state index contributed by atoms with van der Waals surface area (Å²) >= 11 is 1.28. The van der Waals surface area contributed by atoms with E-state index in [1.54, 1.807) is 26.1 Å². The summed E-state index contributed by atoms with van der Waals surface area (Å²) in [4.78, 5) is 44.7. The molecule has 8 nitrogen and oxygen atoms in total. The molecule has 0 radical (unpaired) electrons. The molecular formula is C33H31N3O5S. The highest BCUT2D eigenvalue weighted by Crippen LogP contribution is 2.32. The highest BCUT2D eigenvalue weighted by atomic mass is 32.1. The molecule has 42 heavy (non-hydrogen) atoms. The average molecular weight is 582 g/mol. The predicted molar refractivity (Wildman–Crippen MR) is 166 cm³/mol. The molecule has 3 aromatic carbocycles. The lowest BCUT2D eigenvalue weighted by Gasteiger charge is -2.20. The van der Waals surface area contributed by atoms with Gasteiger partial charge in [0.2, 0.25) is 0 Å². The number of carbonyl (C=O) groups excluding carboxylic acids is 2. The van der Waals surface area contributed by atoms with Crippen molar-refractivity contribution >= 4 is 39.1 Å². The van der Waals surface area contributed by atoms with Crippen LogP contribution in [0.25, 0.3) is 33.2 Å². The largest absolute Gasteiger partial charge is 0.494 e. The molecule has 0 spiro atoms. The molecule has 1 atom stereocenters. The fourth-order valence-electron chi connectivity index (χ4n) is 4.76. The maximum absolute atomic E-state index is 13.7. The molecule has 1 unspecified atom stereocenters. The van der Waals surface area contributed by atoms with Crippen molar-refractivity contribution < 1.29 is 19.1 Å². The van der Waals surface area contributed by atoms with Crippen molar-refractivity contribution in [1.29, 1.82) is 0 Å². The first-order chi connectivity index (χ1) is 20.3. The minimum Gasteiger partial charge on any atom is -0.494 e. The maximum Gasteiger partial charge on any atom is 0.356 e. The van der Waals surface area contributed by atoms with Crippen LogP contribution in [0.4, 0.5) is 5.13 Å². The third-order valence-electron chi connectivity index (χ3n) is 6.95. The lowest BCUT2D eigenvalue weighted by molar-refractivity contribution is -0.124. The van der Waals surface area contributed by atoms with Crippen LogP contribution in [0.2, 0.25) is 0 Å². The molecule has 214 valence electrons. The van der Waals surface area contributed by atoms with Crippen LogP contribution in [0.5, 0.6) is 5.75 Å². The number of fused-ring (bicyclic) bond motifs is 1. The molecule has 9 heteroatoms. The fourth-order valence-corrected chi connectivity index (χ4v) is 5.48. The smallest absolute Gasteiger partial charge is 0.356 e. The Morgan fingerprint density at radius 1 is 0.952 bits per heavy atom. The van der Waals surface area contributed by atoms with Crippen molar-refractivity contribution in [2.24, 2.45) is 7.05 Å². The first kappa shape index (κ1) is 28.8. The Kier molecular flexibility index (Phi) is 8.49. The second-order valence-corrected chi connectivity index (χ2v) is 10.6. The van der Waals surface area contributed by atoms with Crippen LogP contribution in [0.3, 0.4) is 0 Å². The van der Waals surface area contributed by atoms with E-state index in [-0.39, 0.29) is 17.7 Å². The molecule has 1 amide bonds. The zero-order chi connectivity index (χ0) is 29.8. The molecule has 1 N–H and O–H groups in total. The quantitative estimate of drug-likeness (QED) is 0.197. The van der Waals surface area contributed by atoms with Crippen molar-refractivity contribution in [3.8, 4) is 28.1 Å². The zero-order valence-electron chi connectivity index (χ0n) is 23.8. The van der Waals surface area contributed by atoms with Crippen molar-refractivity contribution in [1.82, 2.24) is 9.55 Å². The summed E-state index contributed by atoms with van der Waals surface area (Å²) in [6, 6.07) is 22.4. The van der Waals surface area contributed by atoms with Crippen molar-refractivity contribution in [3.63, 3.8) is 0 Å². The van der Waals surface area contributed by atoms with Gasteiger partial charge in [-0.3, -0.25) is 14.9 Å². The summed E-state index contributed by atoms with van der Waals surface area (Å²) in [5.41, 5.74) is 3.75. The van der Waals surface area contributed by atoms with Crippen molar-refractivity contribution in [2.75, 3.05) is 11.9 Å². The van der Waals surface area contributed by atoms with E-state index in [1.165, 1.54) is 15.9 Å². The molecule has 0 aliphatic heterocycles. The number of esters is 1. The Balaban J connectivity index is 1.41. The van der Waals surface area contributed by atoms with E-state index in [2.05, 4.69) is 10.3 Å². The van der Waals surface area contributed by atoms with E-state index < -0.39 is 18.0 Å². The number of aryl methyl sites for hydroxylation is 1. The van der Waals surface area contributed by atoms with Gasteiger partial charge in [0, 0.05) is 28.9 Å². The Labute approximate surface area is 247 Å². The third kappa shape index (κ3) is 5.82. The van der Waals surface area contributed by atoms with E-state index >= 15 is 0 Å². The number of anilines is 1. The molecule has 0 fully saturated rings. The number of benzene rings is 3. The molecule has 0 aliphatic carbocycles. The SMILES string of the molecule is CCOc1ccc(-c2csc(NC(=O)C(CC)OC(=O)c3c(-c4ccc(C)cc4)c4ccccc4c(=O)n3C)n2)cc1. The van der Waals surface area contributed by atoms with Crippen LogP contribution < -0.4 is 15.6 Å². The Bertz CT molecular complexity index is 1810. The number of ether oxygens (including phenoxy) is 2. The summed E-state index contributed by atoms with van der Waals surface area (Å²) < 4.78 is 12.6. The molecule has 5 aromatic rings. The summed E-state index contributed by atoms with van der Waals surface area (Å²) in [7, 11) is 1.54. The van der Waals surface area contributed by atoms with E-state index in [9.17, 15) is 14.4 Å². The maximum atomic E-state index is 13.7. The standard InChI is InChI=1S/C33H31N3O5S/c1-5-27(30(37)35-33-34-26(19-42-33)21-15-17-23(18-16-21)40-6-2)41-32(39)29-28(22-13-11-20(3)12-14-22)24-9-7-8-10-25(24)31(38)36(29)4/h7-19,27H,5-6H2,1-4H3,(H,34,35,37). The number of hydrogen-bond acceptors (Lipinski definition) is 7. The third-order valence-corrected chi connectivity index (χ3v) is 7.70. The molecule has 2 heterocycles. The lowest BCUT2D eigenvalue weighted by Crippen LogP contribution is -2.34. The Hall–Kier alpha value is -4.76. The lowest BCUT2D eigenvalue weighted by atomic mass is 9.96. The van der Waals surface area contributed by atoms with E-state index in [0.717, 1.165) is 22.4 Å². The van der Waals surface area contributed by atoms with Gasteiger partial charge >= 0.3 is 5.97 Å². The summed E-state index contributed by atoms with van der Waals surface area (Å²) in [6.45, 7) is 6.24. The minimum absolute atomic E-state index is 0.0841. The summed E-state index contributed by atoms with van der Waals surface area (Å²) in [6.07, 6.45) is -0.862. The topological polar surface area (TPSA) is 99.5 Å². The van der Waals surface area contributed by atoms with Gasteiger partial charge in [0.15, 0.2) is 11.2 Å². The normalized spacial score (nSPS) is 11.7. The molecule has 0 saturated heterocycles. The van der Waals surface area contributed by atoms with Crippen molar-refractivity contribution in [2.45, 2.75) is 33.3 Å². The van der Waals surface area contributed by atoms with E-state index in [0.29, 0.717) is 33.8 Å². The van der Waals surface area contributed by atoms with Crippen LogP contribution in [0, 0.1) is 6.92 Å². The highest BCUT2D eigenvalue weighted by molar-refractivity contribution is 7.14. The van der Waals surface area contributed by atoms with Gasteiger partial charge in [-0.05, 0) is 61.5 Å². The fraction of sp³-hybridized carbons (Fsp3) is 0.212. The van der Waals surface area contributed by atoms with Gasteiger partial charge in [0.1, 0.15) is 11.4 Å². The number of pyridine rings is 1. The number of nitrogens with zero attached hydrogens (tertiary/aromatic N) is 2. The summed E-state index contributed by atoms with van der Waals surface area (Å²) in [5.74, 6) is -0.486. The van der Waals surface area contributed by atoms with Gasteiger partial charge in [0.05, 0.1) is 12.3 Å². The molecule has 0 bridgehead atoms. The number of nitrogens with one attached hydrogen (secondary N) is 1. The molecule has 0 saturated carbocycles. The van der Waals surface area contributed by atoms with Crippen LogP contribution in [-0.4, -0.2) is 34.1 Å². The molecule has 5 rings (SSSR count). The Morgan fingerprint density at radius 3 is 2.29 bits per heavy atom. The Morgan fingerprint density at radius 2 is 1.62 bits per heavy atom. The summed E-state index contributed by atoms with van der Waals surface area (Å²) in [5, 5.41) is 6.14. The average Bonchev–Trinajstić information content (AvgIpc) is 3.47. The molecular weight excluding hydrogens is 550 g/mol. The number of amides is 1. The van der Waals surface area contributed by atoms with Gasteiger partial charge in [-0.25, -0.2) is 9.78 Å². The van der Waals surface area contributed by atoms with Gasteiger partial charge < -0.3 is 14.0 Å². The van der Waals surface area contributed by atoms with Crippen molar-refractivity contribution in [3.05, 3.63) is 99.8 Å². The first-order valence-electron chi connectivity index (χ1n) is 13.7. The van der Waals surface area contributed by atoms with Crippen LogP contribution >= 0.6 is 11.3 Å². The number of hydrogen-bond donors (Lipinski definition) is 1. The van der Waals surface area contributed by atoms with Crippen LogP contribution in [0.1, 0.15) is 36.3 Å². The van der Waals surface area contributed by atoms with Crippen LogP contribution in [0.15, 0.2) is 83.0 Å². The molecule has 2 aromatic heterocycles. The van der Waals surface area contributed by atoms with Crippen LogP contribution in [-0.2, 0) is 16.6 Å². The first-order valence-corrected chi connectivity index (χ1v) is 14.6. The number of carbonyl (C=O) groups is 2. The van der Waals surface area contributed by atoms with Gasteiger partial charge in [-0.2, -0.15) is 0 Å². The second-order valence-electron chi connectivity index (χ2n) is 9.79. The minimum atomic E-state index is -1.09. The van der Waals surface area contributed by atoms with E-state index in [1.807, 2.05) is 79.9 Å². The number of aromatic nitrogens is 2. The van der Waals surface area contributed by atoms with Gasteiger partial charge in [0.25, 0.3) is 11.5 Å². The monoisotopic (exact) mass is 581 g/mol. The predicted octanol–water partition coefficient (Wildman–Crippen LogP) is 6.61. The highest BCUT2D eigenvalue weighted by Gasteiger charge is 2.28. The van der Waals surface area contributed by atoms with Gasteiger partial charge in [-0.1, -0.05) is 55.0 Å². The zero-order valence-corrected chi connectivity index (χ0v) is 24.7. The second kappa shape index (κ2) is 12.4. The van der Waals surface area contributed by atoms with Gasteiger partial charge in [-0.15, -0.1) is 11.3 Å². The molecule has 0 aliphatic rings. The number of thiazole rings is 1. The number of rotatable bonds is 9.